The van der Waals surface area contributed by atoms with Gasteiger partial charge >= 0.3 is 0 Å². The molecule has 0 N–H and O–H groups in total. The molecule has 0 unspecified atom stereocenters. The third-order valence-corrected chi connectivity index (χ3v) is 4.88. The SMILES string of the molecule is O=[N+]([O-])c1ccc(Sc2nc(-c3cccnc3)nc3ccccc23)c(F)c1. The molecule has 0 amide bonds. The van der Waals surface area contributed by atoms with Crippen molar-refractivity contribution in [3.63, 3.8) is 0 Å². The first kappa shape index (κ1) is 17.0. The molecule has 4 rings (SSSR count). The Kier molecular flexibility index (Phi) is 4.47. The van der Waals surface area contributed by atoms with Gasteiger partial charge in [-0.05, 0) is 24.3 Å². The van der Waals surface area contributed by atoms with Crippen LogP contribution in [0, 0.1) is 15.9 Å². The number of para-hydroxylation sites is 1. The molecular formula is C19H11FN4O2S. The Bertz CT molecular complexity index is 1150. The van der Waals surface area contributed by atoms with E-state index in [-0.39, 0.29) is 10.6 Å². The topological polar surface area (TPSA) is 81.8 Å². The highest BCUT2D eigenvalue weighted by Gasteiger charge is 2.15. The summed E-state index contributed by atoms with van der Waals surface area (Å²) in [5.41, 5.74) is 1.17. The molecule has 132 valence electrons. The van der Waals surface area contributed by atoms with Gasteiger partial charge in [-0.3, -0.25) is 15.1 Å². The van der Waals surface area contributed by atoms with Crippen molar-refractivity contribution in [3.05, 3.63) is 82.9 Å². The molecule has 27 heavy (non-hydrogen) atoms. The van der Waals surface area contributed by atoms with Gasteiger partial charge < -0.3 is 0 Å². The monoisotopic (exact) mass is 378 g/mol. The number of benzene rings is 2. The zero-order chi connectivity index (χ0) is 18.8. The lowest BCUT2D eigenvalue weighted by molar-refractivity contribution is -0.385. The number of hydrogen-bond acceptors (Lipinski definition) is 6. The van der Waals surface area contributed by atoms with E-state index < -0.39 is 10.7 Å². The fraction of sp³-hybridized carbons (Fsp3) is 0. The maximum atomic E-state index is 14.3. The van der Waals surface area contributed by atoms with Crippen molar-refractivity contribution in [2.24, 2.45) is 0 Å². The predicted octanol–water partition coefficient (Wildman–Crippen LogP) is 4.89. The van der Waals surface area contributed by atoms with E-state index >= 15 is 0 Å². The Hall–Kier alpha value is -3.39. The maximum absolute atomic E-state index is 14.3. The summed E-state index contributed by atoms with van der Waals surface area (Å²) in [7, 11) is 0. The van der Waals surface area contributed by atoms with Crippen LogP contribution in [0.15, 0.2) is 76.9 Å². The first-order chi connectivity index (χ1) is 13.1. The number of nitro groups is 1. The van der Waals surface area contributed by atoms with Crippen molar-refractivity contribution < 1.29 is 9.31 Å². The summed E-state index contributed by atoms with van der Waals surface area (Å²) in [6.07, 6.45) is 3.32. The Labute approximate surface area is 157 Å². The van der Waals surface area contributed by atoms with Crippen LogP contribution < -0.4 is 0 Å². The van der Waals surface area contributed by atoms with Gasteiger partial charge in [0.05, 0.1) is 21.4 Å². The minimum Gasteiger partial charge on any atom is -0.264 e. The highest BCUT2D eigenvalue weighted by Crippen LogP contribution is 2.35. The lowest BCUT2D eigenvalue weighted by Gasteiger charge is -2.09. The van der Waals surface area contributed by atoms with Crippen molar-refractivity contribution in [3.8, 4) is 11.4 Å². The van der Waals surface area contributed by atoms with Crippen LogP contribution in [0.1, 0.15) is 0 Å². The highest BCUT2D eigenvalue weighted by molar-refractivity contribution is 7.99. The number of fused-ring (bicyclic) bond motifs is 1. The summed E-state index contributed by atoms with van der Waals surface area (Å²) in [6, 6.07) is 14.6. The Balaban J connectivity index is 1.82. The van der Waals surface area contributed by atoms with Crippen LogP contribution in [0.2, 0.25) is 0 Å². The number of hydrogen-bond donors (Lipinski definition) is 0. The second-order valence-corrected chi connectivity index (χ2v) is 6.62. The van der Waals surface area contributed by atoms with Crippen LogP contribution in [0.4, 0.5) is 10.1 Å². The summed E-state index contributed by atoms with van der Waals surface area (Å²) < 4.78 is 14.3. The minimum absolute atomic E-state index is 0.251. The summed E-state index contributed by atoms with van der Waals surface area (Å²) >= 11 is 1.10. The van der Waals surface area contributed by atoms with Crippen LogP contribution in [0.5, 0.6) is 0 Å². The van der Waals surface area contributed by atoms with Crippen molar-refractivity contribution in [2.75, 3.05) is 0 Å². The molecule has 0 atom stereocenters. The van der Waals surface area contributed by atoms with Crippen molar-refractivity contribution in [2.45, 2.75) is 9.92 Å². The van der Waals surface area contributed by atoms with Gasteiger partial charge in [-0.15, -0.1) is 0 Å². The van der Waals surface area contributed by atoms with Gasteiger partial charge in [0.25, 0.3) is 5.69 Å². The largest absolute Gasteiger partial charge is 0.272 e. The molecule has 0 bridgehead atoms. The zero-order valence-electron chi connectivity index (χ0n) is 13.7. The number of aromatic nitrogens is 3. The lowest BCUT2D eigenvalue weighted by atomic mass is 10.2. The fourth-order valence-corrected chi connectivity index (χ4v) is 3.46. The Morgan fingerprint density at radius 3 is 2.63 bits per heavy atom. The van der Waals surface area contributed by atoms with E-state index in [1.807, 2.05) is 30.3 Å². The quantitative estimate of drug-likeness (QED) is 0.286. The lowest BCUT2D eigenvalue weighted by Crippen LogP contribution is -1.95. The second-order valence-electron chi connectivity index (χ2n) is 5.59. The van der Waals surface area contributed by atoms with Gasteiger partial charge in [-0.25, -0.2) is 14.4 Å². The van der Waals surface area contributed by atoms with E-state index in [0.29, 0.717) is 10.9 Å². The molecule has 4 aromatic rings. The first-order valence-corrected chi connectivity index (χ1v) is 8.72. The van der Waals surface area contributed by atoms with Gasteiger partial charge in [-0.2, -0.15) is 0 Å². The molecule has 2 aromatic heterocycles. The van der Waals surface area contributed by atoms with Crippen LogP contribution in [0.3, 0.4) is 0 Å². The van der Waals surface area contributed by atoms with E-state index in [1.165, 1.54) is 12.1 Å². The third kappa shape index (κ3) is 3.47. The number of nitrogens with zero attached hydrogens (tertiary/aromatic N) is 4. The average molecular weight is 378 g/mol. The average Bonchev–Trinajstić information content (AvgIpc) is 2.70. The van der Waals surface area contributed by atoms with Crippen LogP contribution >= 0.6 is 11.8 Å². The number of pyridine rings is 1. The van der Waals surface area contributed by atoms with Crippen LogP contribution in [-0.2, 0) is 0 Å². The minimum atomic E-state index is -0.667. The number of nitro benzene ring substituents is 1. The molecule has 8 heteroatoms. The highest BCUT2D eigenvalue weighted by atomic mass is 32.2. The van der Waals surface area contributed by atoms with E-state index in [2.05, 4.69) is 15.0 Å². The molecule has 2 aromatic carbocycles. The molecule has 0 spiro atoms. The van der Waals surface area contributed by atoms with Gasteiger partial charge in [0.1, 0.15) is 10.8 Å². The van der Waals surface area contributed by atoms with Gasteiger partial charge in [0, 0.05) is 29.4 Å². The summed E-state index contributed by atoms with van der Waals surface area (Å²) in [5.74, 6) is -0.188. The number of halogens is 1. The normalized spacial score (nSPS) is 10.9. The van der Waals surface area contributed by atoms with E-state index in [1.54, 1.807) is 18.5 Å². The third-order valence-electron chi connectivity index (χ3n) is 3.82. The molecule has 0 aliphatic heterocycles. The van der Waals surface area contributed by atoms with E-state index in [0.717, 1.165) is 34.3 Å². The van der Waals surface area contributed by atoms with Gasteiger partial charge in [0.2, 0.25) is 0 Å². The smallest absolute Gasteiger partial charge is 0.264 e. The summed E-state index contributed by atoms with van der Waals surface area (Å²) in [6.45, 7) is 0. The van der Waals surface area contributed by atoms with Gasteiger partial charge in [0.15, 0.2) is 5.82 Å². The summed E-state index contributed by atoms with van der Waals surface area (Å²) in [4.78, 5) is 23.7. The predicted molar refractivity (Wildman–Crippen MR) is 99.9 cm³/mol. The van der Waals surface area contributed by atoms with Crippen molar-refractivity contribution in [1.82, 2.24) is 15.0 Å². The van der Waals surface area contributed by atoms with Crippen LogP contribution in [0.25, 0.3) is 22.3 Å². The number of rotatable bonds is 4. The summed E-state index contributed by atoms with van der Waals surface area (Å²) in [5, 5.41) is 12.1. The molecule has 0 fully saturated rings. The first-order valence-electron chi connectivity index (χ1n) is 7.91. The molecule has 0 aliphatic rings. The Morgan fingerprint density at radius 1 is 1.04 bits per heavy atom. The van der Waals surface area contributed by atoms with Crippen LogP contribution in [-0.4, -0.2) is 19.9 Å². The molecule has 0 saturated heterocycles. The fourth-order valence-electron chi connectivity index (χ4n) is 2.54. The molecule has 0 saturated carbocycles. The molecule has 0 aliphatic carbocycles. The molecular weight excluding hydrogens is 367 g/mol. The van der Waals surface area contributed by atoms with E-state index in [9.17, 15) is 14.5 Å². The molecule has 6 nitrogen and oxygen atoms in total. The maximum Gasteiger partial charge on any atom is 0.272 e. The van der Waals surface area contributed by atoms with Crippen molar-refractivity contribution >= 4 is 28.4 Å². The molecule has 0 radical (unpaired) electrons. The molecule has 2 heterocycles. The number of non-ortho nitro benzene ring substituents is 1. The Morgan fingerprint density at radius 2 is 1.89 bits per heavy atom. The van der Waals surface area contributed by atoms with Gasteiger partial charge in [-0.1, -0.05) is 30.0 Å². The second kappa shape index (κ2) is 7.08. The zero-order valence-corrected chi connectivity index (χ0v) is 14.6. The van der Waals surface area contributed by atoms with Crippen molar-refractivity contribution in [1.29, 1.82) is 0 Å². The van der Waals surface area contributed by atoms with E-state index in [4.69, 9.17) is 0 Å². The standard InChI is InChI=1S/C19H11FN4O2S/c20-15-10-13(24(25)26)7-8-17(15)27-19-14-5-1-2-6-16(14)22-18(23-19)12-4-3-9-21-11-12/h1-11H.